The Kier molecular flexibility index (Phi) is 8.03. The average Bonchev–Trinajstić information content (AvgIpc) is 3.40. The molecular formula is C66H48N4O3. The van der Waals surface area contributed by atoms with E-state index in [1.807, 2.05) is 72.8 Å². The third kappa shape index (κ3) is 5.21. The third-order valence-corrected chi connectivity index (χ3v) is 17.1. The number of pyridine rings is 3. The quantitative estimate of drug-likeness (QED) is 0.130. The molecule has 0 N–H and O–H groups in total. The summed E-state index contributed by atoms with van der Waals surface area (Å²) in [5.74, 6) is 0. The van der Waals surface area contributed by atoms with Gasteiger partial charge in [-0.1, -0.05) is 151 Å². The fourth-order valence-electron chi connectivity index (χ4n) is 13.6. The number of benzene rings is 9. The minimum absolute atomic E-state index is 0.237. The molecule has 0 fully saturated rings. The maximum absolute atomic E-state index is 16.0. The van der Waals surface area contributed by atoms with Crippen LogP contribution in [0.25, 0.3) is 48.9 Å². The largest absolute Gasteiger partial charge is 0.310 e. The number of fused-ring (bicyclic) bond motifs is 6. The first-order valence-corrected chi connectivity index (χ1v) is 25.2. The SMILES string of the molecule is CC1(C)c2ccccc2N(c2cc3c(=O)c4cc(N5c6ccccc6C(C)(C)c6ccccc65)cc5c(=O)c6cc(N7c8ccccc8C(C)(C)c8ccccc87)cc7c(=O)c(c2)c3n(c45)c76)c2ccccc21. The van der Waals surface area contributed by atoms with Crippen molar-refractivity contribution in [3.8, 4) is 0 Å². The van der Waals surface area contributed by atoms with Gasteiger partial charge in [0.25, 0.3) is 0 Å². The molecule has 0 saturated heterocycles. The first-order chi connectivity index (χ1) is 35.3. The minimum Gasteiger partial charge on any atom is -0.310 e. The van der Waals surface area contributed by atoms with Crippen molar-refractivity contribution in [3.63, 3.8) is 0 Å². The van der Waals surface area contributed by atoms with Crippen molar-refractivity contribution >= 4 is 100 Å². The lowest BCUT2D eigenvalue weighted by molar-refractivity contribution is 0.632. The van der Waals surface area contributed by atoms with Crippen LogP contribution in [0.5, 0.6) is 0 Å². The van der Waals surface area contributed by atoms with Crippen LogP contribution in [0.2, 0.25) is 0 Å². The number of aromatic nitrogens is 1. The summed E-state index contributed by atoms with van der Waals surface area (Å²) in [6.07, 6.45) is 0. The van der Waals surface area contributed by atoms with Crippen LogP contribution in [-0.2, 0) is 16.2 Å². The highest BCUT2D eigenvalue weighted by Crippen LogP contribution is 2.56. The maximum Gasteiger partial charge on any atom is 0.197 e. The lowest BCUT2D eigenvalue weighted by Crippen LogP contribution is -2.31. The fraction of sp³-hybridized carbons (Fsp3) is 0.136. The Morgan fingerprint density at radius 2 is 0.452 bits per heavy atom. The van der Waals surface area contributed by atoms with Gasteiger partial charge in [-0.25, -0.2) is 0 Å². The Morgan fingerprint density at radius 1 is 0.274 bits per heavy atom. The van der Waals surface area contributed by atoms with Crippen LogP contribution in [0.1, 0.15) is 74.9 Å². The van der Waals surface area contributed by atoms with Crippen molar-refractivity contribution < 1.29 is 0 Å². The molecule has 0 bridgehead atoms. The van der Waals surface area contributed by atoms with Crippen molar-refractivity contribution in [1.29, 1.82) is 0 Å². The van der Waals surface area contributed by atoms with Crippen molar-refractivity contribution in [1.82, 2.24) is 4.40 Å². The van der Waals surface area contributed by atoms with E-state index in [0.29, 0.717) is 65.9 Å². The molecule has 7 nitrogen and oxygen atoms in total. The van der Waals surface area contributed by atoms with Gasteiger partial charge in [0.05, 0.1) is 50.7 Å². The van der Waals surface area contributed by atoms with Crippen LogP contribution in [0.3, 0.4) is 0 Å². The van der Waals surface area contributed by atoms with Crippen LogP contribution in [0.15, 0.2) is 196 Å². The number of hydrogen-bond acceptors (Lipinski definition) is 6. The smallest absolute Gasteiger partial charge is 0.197 e. The average molecular weight is 945 g/mol. The van der Waals surface area contributed by atoms with E-state index in [0.717, 1.165) is 67.5 Å². The van der Waals surface area contributed by atoms with Gasteiger partial charge in [0.2, 0.25) is 0 Å². The van der Waals surface area contributed by atoms with Gasteiger partial charge in [-0.2, -0.15) is 0 Å². The van der Waals surface area contributed by atoms with Crippen LogP contribution >= 0.6 is 0 Å². The highest BCUT2D eigenvalue weighted by Gasteiger charge is 2.41. The van der Waals surface area contributed by atoms with Crippen molar-refractivity contribution in [3.05, 3.63) is 246 Å². The lowest BCUT2D eigenvalue weighted by Gasteiger charge is -2.42. The second kappa shape index (κ2) is 14.0. The van der Waals surface area contributed by atoms with Crippen molar-refractivity contribution in [2.75, 3.05) is 14.7 Å². The highest BCUT2D eigenvalue weighted by molar-refractivity contribution is 6.19. The Hall–Kier alpha value is -8.81. The fourth-order valence-corrected chi connectivity index (χ4v) is 13.6. The van der Waals surface area contributed by atoms with E-state index in [4.69, 9.17) is 0 Å². The van der Waals surface area contributed by atoms with Crippen molar-refractivity contribution in [2.45, 2.75) is 57.8 Å². The molecule has 73 heavy (non-hydrogen) atoms. The molecule has 0 amide bonds. The molecule has 0 aliphatic carbocycles. The predicted octanol–water partition coefficient (Wildman–Crippen LogP) is 15.3. The molecule has 0 unspecified atom stereocenters. The highest BCUT2D eigenvalue weighted by atomic mass is 16.1. The van der Waals surface area contributed by atoms with E-state index in [1.54, 1.807) is 0 Å². The summed E-state index contributed by atoms with van der Waals surface area (Å²) < 4.78 is 2.07. The van der Waals surface area contributed by atoms with E-state index >= 15 is 14.4 Å². The Morgan fingerprint density at radius 3 is 0.644 bits per heavy atom. The molecule has 6 heterocycles. The lowest BCUT2D eigenvalue weighted by atomic mass is 9.73. The molecule has 12 aromatic rings. The monoisotopic (exact) mass is 944 g/mol. The number of hydrogen-bond donors (Lipinski definition) is 0. The zero-order valence-electron chi connectivity index (χ0n) is 41.3. The van der Waals surface area contributed by atoms with Crippen LogP contribution < -0.4 is 31.0 Å². The number of rotatable bonds is 3. The molecule has 9 aromatic carbocycles. The molecule has 350 valence electrons. The first kappa shape index (κ1) is 41.9. The summed E-state index contributed by atoms with van der Waals surface area (Å²) >= 11 is 0. The standard InChI is InChI=1S/C66H48N4O3/c1-64(2)46-19-7-13-25-52(46)67(53-26-14-8-20-47(53)64)37-31-40-58-41(32-37)62(72)43-34-39(69-56-29-17-11-23-50(56)66(5,6)51-24-12-18-30-57(51)69)36-45-60(43)70(58)59-42(61(40)71)33-38(35-44(59)63(45)73)68-54-27-15-9-21-48(54)65(3,4)49-22-10-16-28-55(49)68/h7-36H,1-6H3. The number of para-hydroxylation sites is 6. The topological polar surface area (TPSA) is 65.3 Å². The maximum atomic E-state index is 16.0. The molecule has 7 heteroatoms. The van der Waals surface area contributed by atoms with Gasteiger partial charge in [-0.05, 0) is 106 Å². The second-order valence-corrected chi connectivity index (χ2v) is 22.0. The predicted molar refractivity (Wildman–Crippen MR) is 300 cm³/mol. The van der Waals surface area contributed by atoms with Crippen LogP contribution in [0, 0.1) is 0 Å². The molecule has 15 rings (SSSR count). The van der Waals surface area contributed by atoms with E-state index in [-0.39, 0.29) is 32.5 Å². The van der Waals surface area contributed by atoms with E-state index in [1.165, 1.54) is 0 Å². The summed E-state index contributed by atoms with van der Waals surface area (Å²) in [7, 11) is 0. The molecule has 3 aromatic heterocycles. The van der Waals surface area contributed by atoms with Crippen LogP contribution in [-0.4, -0.2) is 4.40 Å². The second-order valence-electron chi connectivity index (χ2n) is 22.0. The van der Waals surface area contributed by atoms with Gasteiger partial charge in [0, 0.05) is 65.6 Å². The summed E-state index contributed by atoms with van der Waals surface area (Å²) in [6.45, 7) is 13.5. The normalized spacial score (nSPS) is 15.9. The molecule has 3 aliphatic rings. The van der Waals surface area contributed by atoms with Gasteiger partial charge in [-0.15, -0.1) is 0 Å². The van der Waals surface area contributed by atoms with E-state index < -0.39 is 0 Å². The summed E-state index contributed by atoms with van der Waals surface area (Å²) in [4.78, 5) is 54.5. The first-order valence-electron chi connectivity index (χ1n) is 25.2. The zero-order chi connectivity index (χ0) is 49.6. The summed E-state index contributed by atoms with van der Waals surface area (Å²) in [5, 5.41) is 2.46. The number of nitrogens with zero attached hydrogens (tertiary/aromatic N) is 4. The van der Waals surface area contributed by atoms with E-state index in [9.17, 15) is 0 Å². The summed E-state index contributed by atoms with van der Waals surface area (Å²) in [6, 6.07) is 62.4. The van der Waals surface area contributed by atoms with Gasteiger partial charge >= 0.3 is 0 Å². The van der Waals surface area contributed by atoms with Gasteiger partial charge in [-0.3, -0.25) is 14.4 Å². The Bertz CT molecular complexity index is 3870. The molecule has 0 radical (unpaired) electrons. The van der Waals surface area contributed by atoms with Crippen molar-refractivity contribution in [2.24, 2.45) is 0 Å². The zero-order valence-corrected chi connectivity index (χ0v) is 41.3. The molecule has 0 spiro atoms. The number of anilines is 9. The van der Waals surface area contributed by atoms with Gasteiger partial charge in [0.15, 0.2) is 16.3 Å². The molecule has 0 saturated carbocycles. The molecule has 0 atom stereocenters. The summed E-state index contributed by atoms with van der Waals surface area (Å²) in [5.41, 5.74) is 14.7. The molecule has 3 aliphatic heterocycles. The van der Waals surface area contributed by atoms with Gasteiger partial charge < -0.3 is 19.1 Å². The third-order valence-electron chi connectivity index (χ3n) is 17.1. The Labute approximate surface area is 421 Å². The van der Waals surface area contributed by atoms with E-state index in [2.05, 4.69) is 170 Å². The Balaban J connectivity index is 1.11. The van der Waals surface area contributed by atoms with Crippen LogP contribution in [0.4, 0.5) is 51.2 Å². The molecular weight excluding hydrogens is 897 g/mol. The van der Waals surface area contributed by atoms with Gasteiger partial charge in [0.1, 0.15) is 0 Å². The minimum atomic E-state index is -0.322.